The molecule has 0 atom stereocenters. The van der Waals surface area contributed by atoms with Crippen molar-refractivity contribution in [2.75, 3.05) is 39.3 Å². The minimum Gasteiger partial charge on any atom is -0.478 e. The third-order valence-corrected chi connectivity index (χ3v) is 2.57. The molecule has 0 aliphatic carbocycles. The second-order valence-electron chi connectivity index (χ2n) is 3.69. The number of carbonyl (C=O) groups is 2. The molecular formula is C10H16N2O4. The number of aliphatic carboxylic acids is 2. The van der Waals surface area contributed by atoms with Crippen LogP contribution in [0.3, 0.4) is 0 Å². The van der Waals surface area contributed by atoms with Gasteiger partial charge in [0.2, 0.25) is 0 Å². The summed E-state index contributed by atoms with van der Waals surface area (Å²) in [5.74, 6) is -2.51. The lowest BCUT2D eigenvalue weighted by Crippen LogP contribution is -2.55. The van der Waals surface area contributed by atoms with Gasteiger partial charge in [-0.15, -0.1) is 0 Å². The number of hydrogen-bond acceptors (Lipinski definition) is 4. The minimum atomic E-state index is -1.26. The predicted octanol–water partition coefficient (Wildman–Crippen LogP) is -0.671. The van der Waals surface area contributed by atoms with Crippen molar-refractivity contribution in [1.82, 2.24) is 9.80 Å². The van der Waals surface area contributed by atoms with Crippen molar-refractivity contribution in [3.05, 3.63) is 12.2 Å². The van der Waals surface area contributed by atoms with Crippen molar-refractivity contribution in [1.29, 1.82) is 0 Å². The van der Waals surface area contributed by atoms with Crippen molar-refractivity contribution in [2.24, 2.45) is 0 Å². The molecule has 3 fully saturated rings. The van der Waals surface area contributed by atoms with Crippen LogP contribution in [0.15, 0.2) is 12.2 Å². The Morgan fingerprint density at radius 3 is 1.12 bits per heavy atom. The van der Waals surface area contributed by atoms with E-state index < -0.39 is 11.9 Å². The molecule has 6 heteroatoms. The van der Waals surface area contributed by atoms with Crippen LogP contribution in [0.25, 0.3) is 0 Å². The summed E-state index contributed by atoms with van der Waals surface area (Å²) in [5, 5.41) is 15.6. The first-order chi connectivity index (χ1) is 7.58. The Morgan fingerprint density at radius 1 is 0.750 bits per heavy atom. The first kappa shape index (κ1) is 12.7. The van der Waals surface area contributed by atoms with E-state index in [1.54, 1.807) is 0 Å². The van der Waals surface area contributed by atoms with Gasteiger partial charge in [-0.25, -0.2) is 9.59 Å². The maximum absolute atomic E-state index is 9.55. The molecule has 90 valence electrons. The molecule has 3 aliphatic rings. The van der Waals surface area contributed by atoms with Crippen LogP contribution in [0.4, 0.5) is 0 Å². The van der Waals surface area contributed by atoms with Crippen LogP contribution in [0.1, 0.15) is 0 Å². The summed E-state index contributed by atoms with van der Waals surface area (Å²) in [5.41, 5.74) is 0. The van der Waals surface area contributed by atoms with E-state index in [1.807, 2.05) is 0 Å². The molecular weight excluding hydrogens is 212 g/mol. The first-order valence-corrected chi connectivity index (χ1v) is 5.16. The van der Waals surface area contributed by atoms with Gasteiger partial charge in [-0.05, 0) is 0 Å². The van der Waals surface area contributed by atoms with Crippen LogP contribution in [0, 0.1) is 0 Å². The molecule has 0 radical (unpaired) electrons. The summed E-state index contributed by atoms with van der Waals surface area (Å²) in [6.07, 6.45) is 1.12. The molecule has 0 spiro atoms. The topological polar surface area (TPSA) is 81.1 Å². The van der Waals surface area contributed by atoms with Gasteiger partial charge in [0.1, 0.15) is 0 Å². The third kappa shape index (κ3) is 4.90. The van der Waals surface area contributed by atoms with Gasteiger partial charge >= 0.3 is 11.9 Å². The van der Waals surface area contributed by atoms with Gasteiger partial charge in [0.15, 0.2) is 0 Å². The number of nitrogens with zero attached hydrogens (tertiary/aromatic N) is 2. The molecule has 16 heavy (non-hydrogen) atoms. The molecule has 0 aromatic rings. The highest BCUT2D eigenvalue weighted by Crippen LogP contribution is 2.06. The molecule has 2 N–H and O–H groups in total. The fraction of sp³-hybridized carbons (Fsp3) is 0.600. The molecule has 6 nitrogen and oxygen atoms in total. The van der Waals surface area contributed by atoms with Gasteiger partial charge < -0.3 is 10.2 Å². The smallest absolute Gasteiger partial charge is 0.328 e. The second-order valence-corrected chi connectivity index (χ2v) is 3.69. The minimum absolute atomic E-state index is 0.558. The monoisotopic (exact) mass is 228 g/mol. The maximum atomic E-state index is 9.55. The van der Waals surface area contributed by atoms with E-state index in [0.717, 1.165) is 0 Å². The lowest BCUT2D eigenvalue weighted by molar-refractivity contribution is -0.134. The number of hydrogen-bond donors (Lipinski definition) is 2. The number of carboxylic acid groups (broad SMARTS) is 2. The summed E-state index contributed by atoms with van der Waals surface area (Å²) in [6, 6.07) is 0. The number of piperazine rings is 3. The Hall–Kier alpha value is -1.40. The zero-order valence-electron chi connectivity index (χ0n) is 9.00. The van der Waals surface area contributed by atoms with Crippen molar-refractivity contribution >= 4 is 11.9 Å². The van der Waals surface area contributed by atoms with Gasteiger partial charge in [-0.2, -0.15) is 0 Å². The Morgan fingerprint density at radius 2 is 1.00 bits per heavy atom. The van der Waals surface area contributed by atoms with Crippen molar-refractivity contribution < 1.29 is 19.8 Å². The summed E-state index contributed by atoms with van der Waals surface area (Å²) >= 11 is 0. The van der Waals surface area contributed by atoms with Crippen LogP contribution in [-0.4, -0.2) is 71.2 Å². The molecule has 0 aromatic heterocycles. The fourth-order valence-corrected chi connectivity index (χ4v) is 1.66. The van der Waals surface area contributed by atoms with Gasteiger partial charge in [0.25, 0.3) is 0 Å². The summed E-state index contributed by atoms with van der Waals surface area (Å²) in [6.45, 7) is 7.92. The van der Waals surface area contributed by atoms with Crippen LogP contribution in [0.2, 0.25) is 0 Å². The Balaban J connectivity index is 0.000000160. The average molecular weight is 228 g/mol. The molecule has 2 bridgehead atoms. The molecule has 3 saturated heterocycles. The highest BCUT2D eigenvalue weighted by atomic mass is 16.4. The third-order valence-electron chi connectivity index (χ3n) is 2.57. The van der Waals surface area contributed by atoms with Crippen LogP contribution < -0.4 is 0 Å². The van der Waals surface area contributed by atoms with Crippen LogP contribution in [-0.2, 0) is 9.59 Å². The van der Waals surface area contributed by atoms with E-state index >= 15 is 0 Å². The van der Waals surface area contributed by atoms with E-state index in [4.69, 9.17) is 10.2 Å². The van der Waals surface area contributed by atoms with Gasteiger partial charge in [-0.3, -0.25) is 9.80 Å². The largest absolute Gasteiger partial charge is 0.478 e. The second kappa shape index (κ2) is 6.24. The van der Waals surface area contributed by atoms with Crippen molar-refractivity contribution in [3.8, 4) is 0 Å². The maximum Gasteiger partial charge on any atom is 0.328 e. The van der Waals surface area contributed by atoms with Crippen molar-refractivity contribution in [3.63, 3.8) is 0 Å². The molecule has 0 saturated carbocycles. The zero-order valence-corrected chi connectivity index (χ0v) is 9.00. The quantitative estimate of drug-likeness (QED) is 0.610. The summed E-state index contributed by atoms with van der Waals surface area (Å²) in [4.78, 5) is 24.2. The van der Waals surface area contributed by atoms with E-state index in [0.29, 0.717) is 12.2 Å². The van der Waals surface area contributed by atoms with E-state index in [9.17, 15) is 9.59 Å². The highest BCUT2D eigenvalue weighted by Gasteiger charge is 2.21. The van der Waals surface area contributed by atoms with Gasteiger partial charge in [0.05, 0.1) is 0 Å². The Kier molecular flexibility index (Phi) is 4.94. The molecule has 3 heterocycles. The number of fused-ring (bicyclic) bond motifs is 3. The van der Waals surface area contributed by atoms with Gasteiger partial charge in [-0.1, -0.05) is 0 Å². The number of rotatable bonds is 2. The standard InChI is InChI=1S/C6H12N2.C4H4O4/c1-2-8-5-3-7(1)4-6-8;5-3(6)1-2-4(7)8/h1-6H2;1-2H,(H,5,6)(H,7,8). The summed E-state index contributed by atoms with van der Waals surface area (Å²) < 4.78 is 0. The van der Waals surface area contributed by atoms with E-state index in [2.05, 4.69) is 9.80 Å². The normalized spacial score (nSPS) is 27.2. The lowest BCUT2D eigenvalue weighted by Gasteiger charge is -2.41. The fourth-order valence-electron chi connectivity index (χ4n) is 1.66. The Labute approximate surface area is 93.8 Å². The van der Waals surface area contributed by atoms with Crippen LogP contribution in [0.5, 0.6) is 0 Å². The SMILES string of the molecule is C1CN2CCN1CC2.O=C(O)C=CC(=O)O. The molecule has 0 unspecified atom stereocenters. The lowest BCUT2D eigenvalue weighted by atomic mass is 10.2. The molecule has 3 rings (SSSR count). The summed E-state index contributed by atoms with van der Waals surface area (Å²) in [7, 11) is 0. The van der Waals surface area contributed by atoms with E-state index in [1.165, 1.54) is 39.3 Å². The zero-order chi connectivity index (χ0) is 12.0. The Bertz CT molecular complexity index is 244. The molecule has 3 aliphatic heterocycles. The van der Waals surface area contributed by atoms with Gasteiger partial charge in [0, 0.05) is 51.4 Å². The van der Waals surface area contributed by atoms with Crippen molar-refractivity contribution in [2.45, 2.75) is 0 Å². The molecule has 0 aromatic carbocycles. The number of carboxylic acids is 2. The predicted molar refractivity (Wildman–Crippen MR) is 57.3 cm³/mol. The highest BCUT2D eigenvalue weighted by molar-refractivity contribution is 5.89. The molecule has 0 amide bonds. The van der Waals surface area contributed by atoms with Crippen LogP contribution >= 0.6 is 0 Å². The van der Waals surface area contributed by atoms with E-state index in [-0.39, 0.29) is 0 Å². The first-order valence-electron chi connectivity index (χ1n) is 5.16. The average Bonchev–Trinajstić information content (AvgIpc) is 2.30.